The number of nitrogens with one attached hydrogen (secondary N) is 1. The molecule has 0 saturated carbocycles. The monoisotopic (exact) mass is 359 g/mol. The van der Waals surface area contributed by atoms with Crippen molar-refractivity contribution < 1.29 is 24.5 Å². The quantitative estimate of drug-likeness (QED) is 0.736. The van der Waals surface area contributed by atoms with Crippen LogP contribution in [-0.2, 0) is 4.74 Å². The number of aliphatic hydroxyl groups excluding tert-OH is 2. The highest BCUT2D eigenvalue weighted by atomic mass is 16.6. The molecule has 6 heteroatoms. The van der Waals surface area contributed by atoms with E-state index in [9.17, 15) is 15.0 Å². The number of carbonyl (C=O) groups is 1. The van der Waals surface area contributed by atoms with Gasteiger partial charge >= 0.3 is 6.09 Å². The van der Waals surface area contributed by atoms with E-state index in [0.717, 1.165) is 0 Å². The van der Waals surface area contributed by atoms with Crippen molar-refractivity contribution in [1.29, 1.82) is 0 Å². The smallest absolute Gasteiger partial charge is 0.407 e. The number of aliphatic hydroxyl groups is 2. The minimum absolute atomic E-state index is 0.127. The highest BCUT2D eigenvalue weighted by Gasteiger charge is 2.21. The van der Waals surface area contributed by atoms with E-state index >= 15 is 0 Å². The van der Waals surface area contributed by atoms with E-state index in [1.165, 1.54) is 0 Å². The molecule has 0 heterocycles. The van der Waals surface area contributed by atoms with Gasteiger partial charge in [0, 0.05) is 6.54 Å². The lowest BCUT2D eigenvalue weighted by atomic mass is 10.0. The van der Waals surface area contributed by atoms with Gasteiger partial charge in [-0.25, -0.2) is 4.79 Å². The molecule has 0 radical (unpaired) electrons. The van der Waals surface area contributed by atoms with Crippen LogP contribution in [0.4, 0.5) is 4.79 Å². The lowest BCUT2D eigenvalue weighted by Crippen LogP contribution is -2.38. The highest BCUT2D eigenvalue weighted by molar-refractivity contribution is 5.67. The van der Waals surface area contributed by atoms with Crippen LogP contribution in [0.15, 0.2) is 54.6 Å². The van der Waals surface area contributed by atoms with Crippen LogP contribution in [0, 0.1) is 0 Å². The van der Waals surface area contributed by atoms with Gasteiger partial charge in [-0.15, -0.1) is 0 Å². The van der Waals surface area contributed by atoms with Gasteiger partial charge in [0.05, 0.1) is 0 Å². The summed E-state index contributed by atoms with van der Waals surface area (Å²) in [5, 5.41) is 22.7. The van der Waals surface area contributed by atoms with E-state index in [-0.39, 0.29) is 6.54 Å². The topological polar surface area (TPSA) is 88.0 Å². The lowest BCUT2D eigenvalue weighted by Gasteiger charge is -2.22. The van der Waals surface area contributed by atoms with E-state index in [1.807, 2.05) is 30.3 Å². The normalized spacial score (nSPS) is 13.6. The molecule has 6 nitrogen and oxygen atoms in total. The molecule has 140 valence electrons. The second-order valence-corrected chi connectivity index (χ2v) is 6.88. The van der Waals surface area contributed by atoms with Crippen LogP contribution in [0.3, 0.4) is 0 Å². The highest BCUT2D eigenvalue weighted by Crippen LogP contribution is 2.24. The zero-order valence-electron chi connectivity index (χ0n) is 15.2. The van der Waals surface area contributed by atoms with E-state index in [0.29, 0.717) is 17.1 Å². The average molecular weight is 359 g/mol. The van der Waals surface area contributed by atoms with Crippen molar-refractivity contribution in [3.8, 4) is 11.5 Å². The van der Waals surface area contributed by atoms with Gasteiger partial charge in [-0.05, 0) is 50.6 Å². The maximum atomic E-state index is 11.6. The minimum Gasteiger partial charge on any atom is -0.457 e. The molecule has 0 saturated heterocycles. The Hall–Kier alpha value is -2.57. The number of para-hydroxylation sites is 1. The molecule has 2 atom stereocenters. The number of benzene rings is 2. The van der Waals surface area contributed by atoms with Crippen molar-refractivity contribution in [2.45, 2.75) is 38.6 Å². The summed E-state index contributed by atoms with van der Waals surface area (Å²) in [7, 11) is 0. The van der Waals surface area contributed by atoms with Gasteiger partial charge in [-0.2, -0.15) is 0 Å². The van der Waals surface area contributed by atoms with E-state index in [4.69, 9.17) is 9.47 Å². The third kappa shape index (κ3) is 6.38. The average Bonchev–Trinajstić information content (AvgIpc) is 2.59. The molecule has 0 aliphatic rings. The Morgan fingerprint density at radius 2 is 1.58 bits per heavy atom. The molecule has 0 fully saturated rings. The maximum Gasteiger partial charge on any atom is 0.407 e. The van der Waals surface area contributed by atoms with Gasteiger partial charge in [0.15, 0.2) is 0 Å². The zero-order valence-corrected chi connectivity index (χ0v) is 15.2. The Morgan fingerprint density at radius 1 is 1.00 bits per heavy atom. The van der Waals surface area contributed by atoms with Crippen LogP contribution in [0.5, 0.6) is 11.5 Å². The summed E-state index contributed by atoms with van der Waals surface area (Å²) < 4.78 is 10.8. The van der Waals surface area contributed by atoms with Crippen LogP contribution in [0.1, 0.15) is 32.4 Å². The van der Waals surface area contributed by atoms with Crippen molar-refractivity contribution >= 4 is 6.09 Å². The van der Waals surface area contributed by atoms with Gasteiger partial charge in [0.1, 0.15) is 29.3 Å². The molecule has 26 heavy (non-hydrogen) atoms. The van der Waals surface area contributed by atoms with Gasteiger partial charge in [0.25, 0.3) is 0 Å². The fraction of sp³-hybridized carbons (Fsp3) is 0.350. The SMILES string of the molecule is CC(C)(C)OC(=O)NCC(O)C(O)c1ccc(Oc2ccccc2)cc1. The Morgan fingerprint density at radius 3 is 2.15 bits per heavy atom. The summed E-state index contributed by atoms with van der Waals surface area (Å²) >= 11 is 0. The molecule has 3 N–H and O–H groups in total. The van der Waals surface area contributed by atoms with Gasteiger partial charge in [0.2, 0.25) is 0 Å². The summed E-state index contributed by atoms with van der Waals surface area (Å²) in [6.07, 6.45) is -2.95. The van der Waals surface area contributed by atoms with Crippen LogP contribution in [0.2, 0.25) is 0 Å². The van der Waals surface area contributed by atoms with Crippen LogP contribution in [0.25, 0.3) is 0 Å². The molecule has 0 spiro atoms. The first-order valence-electron chi connectivity index (χ1n) is 8.40. The van der Waals surface area contributed by atoms with Crippen molar-refractivity contribution in [2.75, 3.05) is 6.54 Å². The predicted octanol–water partition coefficient (Wildman–Crippen LogP) is 3.40. The second-order valence-electron chi connectivity index (χ2n) is 6.88. The number of carbonyl (C=O) groups excluding carboxylic acids is 1. The first kappa shape index (κ1) is 19.8. The van der Waals surface area contributed by atoms with E-state index < -0.39 is 23.9 Å². The molecule has 2 rings (SSSR count). The fourth-order valence-electron chi connectivity index (χ4n) is 2.19. The number of hydrogen-bond donors (Lipinski definition) is 3. The summed E-state index contributed by atoms with van der Waals surface area (Å²) in [6, 6.07) is 16.1. The largest absolute Gasteiger partial charge is 0.457 e. The third-order valence-electron chi connectivity index (χ3n) is 3.42. The third-order valence-corrected chi connectivity index (χ3v) is 3.42. The number of ether oxygens (including phenoxy) is 2. The maximum absolute atomic E-state index is 11.6. The van der Waals surface area contributed by atoms with Gasteiger partial charge in [-0.1, -0.05) is 30.3 Å². The summed E-state index contributed by atoms with van der Waals surface area (Å²) in [5.74, 6) is 1.33. The van der Waals surface area contributed by atoms with Crippen molar-refractivity contribution in [3.05, 3.63) is 60.2 Å². The number of hydrogen-bond acceptors (Lipinski definition) is 5. The summed E-state index contributed by atoms with van der Waals surface area (Å²) in [4.78, 5) is 11.6. The molecular weight excluding hydrogens is 334 g/mol. The van der Waals surface area contributed by atoms with Crippen LogP contribution >= 0.6 is 0 Å². The Balaban J connectivity index is 1.88. The zero-order chi connectivity index (χ0) is 19.2. The Bertz CT molecular complexity index is 694. The molecule has 0 bridgehead atoms. The molecule has 2 aromatic rings. The first-order chi connectivity index (χ1) is 12.2. The second kappa shape index (κ2) is 8.69. The first-order valence-corrected chi connectivity index (χ1v) is 8.40. The standard InChI is InChI=1S/C20H25NO5/c1-20(2,3)26-19(24)21-13-17(22)18(23)14-9-11-16(12-10-14)25-15-7-5-4-6-8-15/h4-12,17-18,22-23H,13H2,1-3H3,(H,21,24). The molecular formula is C20H25NO5. The van der Waals surface area contributed by atoms with Crippen LogP contribution < -0.4 is 10.1 Å². The van der Waals surface area contributed by atoms with E-state index in [2.05, 4.69) is 5.32 Å². The Kier molecular flexibility index (Phi) is 6.60. The molecule has 0 aliphatic carbocycles. The molecule has 2 unspecified atom stereocenters. The lowest BCUT2D eigenvalue weighted by molar-refractivity contribution is 0.0129. The van der Waals surface area contributed by atoms with Crippen molar-refractivity contribution in [2.24, 2.45) is 0 Å². The summed E-state index contributed by atoms with van der Waals surface area (Å²) in [5.41, 5.74) is -0.105. The Labute approximate surface area is 153 Å². The number of amides is 1. The van der Waals surface area contributed by atoms with Crippen molar-refractivity contribution in [1.82, 2.24) is 5.32 Å². The fourth-order valence-corrected chi connectivity index (χ4v) is 2.19. The predicted molar refractivity (Wildman–Crippen MR) is 98.2 cm³/mol. The van der Waals surface area contributed by atoms with Crippen molar-refractivity contribution in [3.63, 3.8) is 0 Å². The molecule has 0 aliphatic heterocycles. The number of alkyl carbamates (subject to hydrolysis) is 1. The molecule has 0 aromatic heterocycles. The van der Waals surface area contributed by atoms with Gasteiger partial charge < -0.3 is 25.0 Å². The van der Waals surface area contributed by atoms with E-state index in [1.54, 1.807) is 45.0 Å². The summed E-state index contributed by atoms with van der Waals surface area (Å²) in [6.45, 7) is 5.11. The van der Waals surface area contributed by atoms with Gasteiger partial charge in [-0.3, -0.25) is 0 Å². The molecule has 2 aromatic carbocycles. The molecule has 1 amide bonds. The van der Waals surface area contributed by atoms with Crippen LogP contribution in [-0.4, -0.2) is 34.6 Å². The number of rotatable bonds is 6. The minimum atomic E-state index is -1.16.